The summed E-state index contributed by atoms with van der Waals surface area (Å²) in [6.45, 7) is 5.70. The molecule has 94 valence electrons. The number of hydrogen-bond acceptors (Lipinski definition) is 3. The van der Waals surface area contributed by atoms with E-state index in [0.717, 1.165) is 25.1 Å². The lowest BCUT2D eigenvalue weighted by molar-refractivity contribution is 0.126. The molecule has 16 heavy (non-hydrogen) atoms. The highest BCUT2D eigenvalue weighted by Crippen LogP contribution is 2.31. The van der Waals surface area contributed by atoms with E-state index < -0.39 is 0 Å². The first-order valence-electron chi connectivity index (χ1n) is 6.83. The Kier molecular flexibility index (Phi) is 5.07. The minimum absolute atomic E-state index is 0.776. The number of nitrogens with zero attached hydrogens (tertiary/aromatic N) is 1. The van der Waals surface area contributed by atoms with Crippen molar-refractivity contribution < 1.29 is 4.74 Å². The molecule has 1 saturated carbocycles. The van der Waals surface area contributed by atoms with Crippen LogP contribution in [0.3, 0.4) is 0 Å². The number of rotatable bonds is 7. The lowest BCUT2D eigenvalue weighted by atomic mass is 10.0. The Bertz CT molecular complexity index is 186. The van der Waals surface area contributed by atoms with Crippen molar-refractivity contribution in [3.63, 3.8) is 0 Å². The van der Waals surface area contributed by atoms with Gasteiger partial charge in [-0.1, -0.05) is 12.8 Å². The third-order valence-corrected chi connectivity index (χ3v) is 3.88. The smallest absolute Gasteiger partial charge is 0.0589 e. The van der Waals surface area contributed by atoms with Crippen molar-refractivity contribution in [3.05, 3.63) is 0 Å². The molecule has 0 aromatic carbocycles. The Labute approximate surface area is 99.5 Å². The van der Waals surface area contributed by atoms with E-state index >= 15 is 0 Å². The maximum atomic E-state index is 5.11. The average Bonchev–Trinajstić information content (AvgIpc) is 3.12. The number of nitrogens with one attached hydrogen (secondary N) is 1. The normalized spacial score (nSPS) is 23.8. The second-order valence-corrected chi connectivity index (χ2v) is 5.29. The topological polar surface area (TPSA) is 24.5 Å². The van der Waals surface area contributed by atoms with Gasteiger partial charge < -0.3 is 15.0 Å². The summed E-state index contributed by atoms with van der Waals surface area (Å²) in [5.74, 6) is 1.06. The summed E-state index contributed by atoms with van der Waals surface area (Å²) in [4.78, 5) is 2.52. The van der Waals surface area contributed by atoms with E-state index in [1.54, 1.807) is 7.11 Å². The highest BCUT2D eigenvalue weighted by atomic mass is 16.5. The van der Waals surface area contributed by atoms with Gasteiger partial charge in [0.2, 0.25) is 0 Å². The molecular formula is C13H26N2O. The SMILES string of the molecule is COCCN1CCC(NCCC2CC2)CC1. The molecule has 1 aliphatic heterocycles. The lowest BCUT2D eigenvalue weighted by Crippen LogP contribution is -2.43. The van der Waals surface area contributed by atoms with Crippen LogP contribution in [0.25, 0.3) is 0 Å². The fourth-order valence-electron chi connectivity index (χ4n) is 2.48. The Balaban J connectivity index is 1.50. The molecule has 3 heteroatoms. The molecule has 0 bridgehead atoms. The van der Waals surface area contributed by atoms with Crippen molar-refractivity contribution in [2.45, 2.75) is 38.1 Å². The van der Waals surface area contributed by atoms with Crippen molar-refractivity contribution >= 4 is 0 Å². The molecule has 0 atom stereocenters. The van der Waals surface area contributed by atoms with Gasteiger partial charge >= 0.3 is 0 Å². The molecule has 0 aromatic rings. The van der Waals surface area contributed by atoms with E-state index in [9.17, 15) is 0 Å². The molecule has 1 saturated heterocycles. The highest BCUT2D eigenvalue weighted by Gasteiger charge is 2.22. The summed E-state index contributed by atoms with van der Waals surface area (Å²) in [6.07, 6.45) is 7.00. The molecular weight excluding hydrogens is 200 g/mol. The van der Waals surface area contributed by atoms with Crippen LogP contribution in [-0.4, -0.2) is 50.8 Å². The van der Waals surface area contributed by atoms with Gasteiger partial charge in [0.15, 0.2) is 0 Å². The fourth-order valence-corrected chi connectivity index (χ4v) is 2.48. The minimum atomic E-state index is 0.776. The maximum Gasteiger partial charge on any atom is 0.0589 e. The van der Waals surface area contributed by atoms with Gasteiger partial charge in [-0.05, 0) is 44.8 Å². The monoisotopic (exact) mass is 226 g/mol. The first-order chi connectivity index (χ1) is 7.88. The molecule has 0 amide bonds. The van der Waals surface area contributed by atoms with Gasteiger partial charge in [0.25, 0.3) is 0 Å². The lowest BCUT2D eigenvalue weighted by Gasteiger charge is -2.32. The third kappa shape index (κ3) is 4.40. The summed E-state index contributed by atoms with van der Waals surface area (Å²) in [5.41, 5.74) is 0. The van der Waals surface area contributed by atoms with Crippen LogP contribution in [0.15, 0.2) is 0 Å². The van der Waals surface area contributed by atoms with Crippen molar-refractivity contribution in [3.8, 4) is 0 Å². The second-order valence-electron chi connectivity index (χ2n) is 5.29. The molecule has 2 aliphatic rings. The molecule has 1 aliphatic carbocycles. The summed E-state index contributed by atoms with van der Waals surface area (Å²) < 4.78 is 5.11. The largest absolute Gasteiger partial charge is 0.383 e. The van der Waals surface area contributed by atoms with Gasteiger partial charge in [0.1, 0.15) is 0 Å². The van der Waals surface area contributed by atoms with Crippen molar-refractivity contribution in [2.75, 3.05) is 39.9 Å². The van der Waals surface area contributed by atoms with Crippen molar-refractivity contribution in [1.29, 1.82) is 0 Å². The van der Waals surface area contributed by atoms with Crippen LogP contribution < -0.4 is 5.32 Å². The maximum absolute atomic E-state index is 5.11. The standard InChI is InChI=1S/C13H26N2O/c1-16-11-10-15-8-5-13(6-9-15)14-7-4-12-2-3-12/h12-14H,2-11H2,1H3. The molecule has 2 rings (SSSR count). The Morgan fingerprint density at radius 1 is 1.19 bits per heavy atom. The van der Waals surface area contributed by atoms with Crippen LogP contribution in [0.4, 0.5) is 0 Å². The van der Waals surface area contributed by atoms with Crippen LogP contribution in [0, 0.1) is 5.92 Å². The van der Waals surface area contributed by atoms with E-state index in [1.807, 2.05) is 0 Å². The molecule has 1 heterocycles. The fraction of sp³-hybridized carbons (Fsp3) is 1.00. The van der Waals surface area contributed by atoms with Gasteiger partial charge in [-0.2, -0.15) is 0 Å². The van der Waals surface area contributed by atoms with Crippen LogP contribution in [0.2, 0.25) is 0 Å². The number of methoxy groups -OCH3 is 1. The first-order valence-corrected chi connectivity index (χ1v) is 6.83. The van der Waals surface area contributed by atoms with Gasteiger partial charge in [-0.3, -0.25) is 0 Å². The van der Waals surface area contributed by atoms with Crippen LogP contribution in [0.1, 0.15) is 32.1 Å². The predicted molar refractivity (Wildman–Crippen MR) is 66.7 cm³/mol. The molecule has 0 aromatic heterocycles. The number of ether oxygens (including phenoxy) is 1. The number of likely N-dealkylation sites (tertiary alicyclic amines) is 1. The zero-order valence-electron chi connectivity index (χ0n) is 10.6. The molecule has 0 spiro atoms. The van der Waals surface area contributed by atoms with Crippen molar-refractivity contribution in [2.24, 2.45) is 5.92 Å². The highest BCUT2D eigenvalue weighted by molar-refractivity contribution is 4.79. The van der Waals surface area contributed by atoms with Crippen LogP contribution >= 0.6 is 0 Å². The number of hydrogen-bond donors (Lipinski definition) is 1. The molecule has 3 nitrogen and oxygen atoms in total. The summed E-state index contributed by atoms with van der Waals surface area (Å²) in [7, 11) is 1.78. The van der Waals surface area contributed by atoms with E-state index in [1.165, 1.54) is 51.7 Å². The molecule has 1 N–H and O–H groups in total. The summed E-state index contributed by atoms with van der Waals surface area (Å²) in [5, 5.41) is 3.71. The zero-order chi connectivity index (χ0) is 11.2. The minimum Gasteiger partial charge on any atom is -0.383 e. The molecule has 2 fully saturated rings. The predicted octanol–water partition coefficient (Wildman–Crippen LogP) is 1.49. The van der Waals surface area contributed by atoms with Gasteiger partial charge in [-0.15, -0.1) is 0 Å². The quantitative estimate of drug-likeness (QED) is 0.712. The van der Waals surface area contributed by atoms with Crippen LogP contribution in [0.5, 0.6) is 0 Å². The van der Waals surface area contributed by atoms with Gasteiger partial charge in [-0.25, -0.2) is 0 Å². The van der Waals surface area contributed by atoms with Gasteiger partial charge in [0, 0.05) is 19.7 Å². The molecule has 0 unspecified atom stereocenters. The average molecular weight is 226 g/mol. The van der Waals surface area contributed by atoms with Crippen LogP contribution in [-0.2, 0) is 4.74 Å². The van der Waals surface area contributed by atoms with Crippen molar-refractivity contribution in [1.82, 2.24) is 10.2 Å². The van der Waals surface area contributed by atoms with E-state index in [4.69, 9.17) is 4.74 Å². The van der Waals surface area contributed by atoms with E-state index in [2.05, 4.69) is 10.2 Å². The zero-order valence-corrected chi connectivity index (χ0v) is 10.6. The second kappa shape index (κ2) is 6.58. The summed E-state index contributed by atoms with van der Waals surface area (Å²) >= 11 is 0. The van der Waals surface area contributed by atoms with Gasteiger partial charge in [0.05, 0.1) is 6.61 Å². The Morgan fingerprint density at radius 2 is 1.94 bits per heavy atom. The third-order valence-electron chi connectivity index (χ3n) is 3.88. The molecule has 0 radical (unpaired) electrons. The number of piperidine rings is 1. The summed E-state index contributed by atoms with van der Waals surface area (Å²) in [6, 6.07) is 0.776. The van der Waals surface area contributed by atoms with E-state index in [0.29, 0.717) is 0 Å². The first kappa shape index (κ1) is 12.3. The van der Waals surface area contributed by atoms with E-state index in [-0.39, 0.29) is 0 Å². The Morgan fingerprint density at radius 3 is 2.56 bits per heavy atom. The Hall–Kier alpha value is -0.120.